The van der Waals surface area contributed by atoms with Gasteiger partial charge in [0.2, 0.25) is 0 Å². The second-order valence-corrected chi connectivity index (χ2v) is 3.18. The Morgan fingerprint density at radius 1 is 0.474 bits per heavy atom. The predicted octanol–water partition coefficient (Wildman–Crippen LogP) is 3.39. The fraction of sp³-hybridized carbons (Fsp3) is 0. The fourth-order valence-electron chi connectivity index (χ4n) is 1.18. The van der Waals surface area contributed by atoms with E-state index in [0.717, 1.165) is 0 Å². The van der Waals surface area contributed by atoms with E-state index < -0.39 is 0 Å². The van der Waals surface area contributed by atoms with Crippen molar-refractivity contribution in [1.29, 1.82) is 0 Å². The number of hydrogen-bond acceptors (Lipinski definition) is 5. The second-order valence-electron chi connectivity index (χ2n) is 3.18. The predicted molar refractivity (Wildman–Crippen MR) is 67.5 cm³/mol. The van der Waals surface area contributed by atoms with Crippen molar-refractivity contribution in [3.8, 4) is 11.5 Å². The Balaban J connectivity index is 2.11. The average molecular weight is 260 g/mol. The maximum Gasteiger partial charge on any atom is 0.169 e. The highest BCUT2D eigenvalue weighted by atomic mass is 16.5. The van der Waals surface area contributed by atoms with Gasteiger partial charge in [-0.2, -0.15) is 0 Å². The van der Waals surface area contributed by atoms with Crippen molar-refractivity contribution in [3.05, 3.63) is 74.4 Å². The molecule has 1 aromatic carbocycles. The zero-order valence-corrected chi connectivity index (χ0v) is 9.97. The van der Waals surface area contributed by atoms with Crippen LogP contribution >= 0.6 is 0 Å². The van der Waals surface area contributed by atoms with Crippen LogP contribution in [0.2, 0.25) is 0 Å². The van der Waals surface area contributed by atoms with Gasteiger partial charge >= 0.3 is 0 Å². The smallest absolute Gasteiger partial charge is 0.169 e. The first kappa shape index (κ1) is 12.6. The van der Waals surface area contributed by atoms with Gasteiger partial charge in [-0.1, -0.05) is 12.1 Å². The third kappa shape index (κ3) is 4.51. The lowest BCUT2D eigenvalue weighted by molar-refractivity contribution is 0.316. The minimum absolute atomic E-state index is 0.553. The molecule has 0 bridgehead atoms. The Hall–Kier alpha value is -2.82. The summed E-state index contributed by atoms with van der Waals surface area (Å²) in [7, 11) is 0. The third-order valence-corrected chi connectivity index (χ3v) is 1.93. The molecule has 0 atom stereocenters. The number of rotatable bonds is 0. The third-order valence-electron chi connectivity index (χ3n) is 1.93. The maximum atomic E-state index is 5.37. The Labute approximate surface area is 110 Å². The first-order valence-corrected chi connectivity index (χ1v) is 5.45. The van der Waals surface area contributed by atoms with Crippen molar-refractivity contribution in [1.82, 2.24) is 0 Å². The number of para-hydroxylation sites is 2. The van der Waals surface area contributed by atoms with Crippen molar-refractivity contribution in [2.24, 2.45) is 0 Å². The Bertz CT molecular complexity index is 457. The molecule has 1 aliphatic rings. The molecule has 0 amide bonds. The molecule has 0 unspecified atom stereocenters. The van der Waals surface area contributed by atoms with E-state index in [0.29, 0.717) is 11.5 Å². The van der Waals surface area contributed by atoms with E-state index in [1.807, 2.05) is 12.1 Å². The summed E-state index contributed by atoms with van der Waals surface area (Å²) in [5.74, 6) is 1.11. The molecule has 0 saturated heterocycles. The molecular formula is C14H12O5. The van der Waals surface area contributed by atoms with Crippen molar-refractivity contribution < 1.29 is 23.7 Å². The van der Waals surface area contributed by atoms with Gasteiger partial charge in [-0.25, -0.2) is 0 Å². The molecule has 0 radical (unpaired) electrons. The summed E-state index contributed by atoms with van der Waals surface area (Å²) in [4.78, 5) is 0. The van der Waals surface area contributed by atoms with Crippen molar-refractivity contribution in [2.45, 2.75) is 0 Å². The van der Waals surface area contributed by atoms with E-state index in [1.165, 1.54) is 50.1 Å². The molecule has 0 aromatic heterocycles. The van der Waals surface area contributed by atoms with E-state index in [9.17, 15) is 0 Å². The summed E-state index contributed by atoms with van der Waals surface area (Å²) in [6.07, 6.45) is 10.9. The molecule has 0 aliphatic carbocycles. The van der Waals surface area contributed by atoms with Crippen LogP contribution in [0.15, 0.2) is 74.4 Å². The lowest BCUT2D eigenvalue weighted by atomic mass is 10.3. The topological polar surface area (TPSA) is 46.2 Å². The SMILES string of the molecule is C1=C\O/C=C\Oc2ccccc2O/C=C\O/C=C\O/1. The van der Waals surface area contributed by atoms with Gasteiger partial charge in [0.15, 0.2) is 11.5 Å². The average Bonchev–Trinajstić information content (AvgIpc) is 2.45. The minimum Gasteiger partial charge on any atom is -0.466 e. The van der Waals surface area contributed by atoms with Gasteiger partial charge in [-0.05, 0) is 12.1 Å². The Morgan fingerprint density at radius 3 is 1.26 bits per heavy atom. The Kier molecular flexibility index (Phi) is 4.98. The summed E-state index contributed by atoms with van der Waals surface area (Å²) in [6, 6.07) is 7.21. The zero-order chi connectivity index (χ0) is 13.2. The molecule has 0 saturated carbocycles. The van der Waals surface area contributed by atoms with Gasteiger partial charge in [0.05, 0.1) is 0 Å². The molecule has 1 aromatic rings. The van der Waals surface area contributed by atoms with Crippen LogP contribution in [0, 0.1) is 0 Å². The summed E-state index contributed by atoms with van der Waals surface area (Å²) in [6.45, 7) is 0. The van der Waals surface area contributed by atoms with E-state index in [2.05, 4.69) is 0 Å². The summed E-state index contributed by atoms with van der Waals surface area (Å²) < 4.78 is 25.6. The largest absolute Gasteiger partial charge is 0.466 e. The summed E-state index contributed by atoms with van der Waals surface area (Å²) in [5.41, 5.74) is 0. The van der Waals surface area contributed by atoms with Crippen LogP contribution in [0.25, 0.3) is 0 Å². The van der Waals surface area contributed by atoms with Crippen molar-refractivity contribution >= 4 is 0 Å². The van der Waals surface area contributed by atoms with Crippen LogP contribution in [-0.4, -0.2) is 0 Å². The Morgan fingerprint density at radius 2 is 0.842 bits per heavy atom. The van der Waals surface area contributed by atoms with Gasteiger partial charge in [-0.3, -0.25) is 0 Å². The van der Waals surface area contributed by atoms with E-state index in [1.54, 1.807) is 12.1 Å². The van der Waals surface area contributed by atoms with Crippen LogP contribution in [0.3, 0.4) is 0 Å². The number of fused-ring (bicyclic) bond motifs is 1. The first-order valence-electron chi connectivity index (χ1n) is 5.45. The molecule has 5 nitrogen and oxygen atoms in total. The van der Waals surface area contributed by atoms with Crippen molar-refractivity contribution in [2.75, 3.05) is 0 Å². The van der Waals surface area contributed by atoms with Crippen LogP contribution in [0.1, 0.15) is 0 Å². The molecule has 0 fully saturated rings. The highest BCUT2D eigenvalue weighted by Crippen LogP contribution is 2.26. The summed E-state index contributed by atoms with van der Waals surface area (Å²) in [5, 5.41) is 0. The normalized spacial score (nSPS) is 21.3. The number of hydrogen-bond donors (Lipinski definition) is 0. The molecule has 1 heterocycles. The first-order chi connectivity index (χ1) is 9.47. The standard InChI is InChI=1S/C14H12O5/c1-2-4-14-13(3-1)18-11-9-16-7-5-15-6-8-17-10-12-19-14/h1-12H/b7-5-,8-6-,11-9-,12-10-. The van der Waals surface area contributed by atoms with Crippen LogP contribution in [-0.2, 0) is 14.2 Å². The lowest BCUT2D eigenvalue weighted by Gasteiger charge is -2.06. The molecule has 0 spiro atoms. The van der Waals surface area contributed by atoms with Crippen LogP contribution in [0.5, 0.6) is 11.5 Å². The quantitative estimate of drug-likeness (QED) is 0.715. The second kappa shape index (κ2) is 7.50. The summed E-state index contributed by atoms with van der Waals surface area (Å²) >= 11 is 0. The van der Waals surface area contributed by atoms with Gasteiger partial charge in [0, 0.05) is 0 Å². The highest BCUT2D eigenvalue weighted by Gasteiger charge is 2.01. The van der Waals surface area contributed by atoms with Crippen molar-refractivity contribution in [3.63, 3.8) is 0 Å². The number of ether oxygens (including phenoxy) is 5. The fourth-order valence-corrected chi connectivity index (χ4v) is 1.18. The lowest BCUT2D eigenvalue weighted by Crippen LogP contribution is -1.88. The molecule has 98 valence electrons. The van der Waals surface area contributed by atoms with Gasteiger partial charge < -0.3 is 23.7 Å². The zero-order valence-electron chi connectivity index (χ0n) is 9.97. The maximum absolute atomic E-state index is 5.37. The van der Waals surface area contributed by atoms with E-state index >= 15 is 0 Å². The molecule has 1 aliphatic heterocycles. The number of benzene rings is 1. The molecule has 19 heavy (non-hydrogen) atoms. The molecule has 0 N–H and O–H groups in total. The molecule has 5 heteroatoms. The molecule has 2 rings (SSSR count). The minimum atomic E-state index is 0.553. The van der Waals surface area contributed by atoms with Gasteiger partial charge in [0.1, 0.15) is 50.1 Å². The van der Waals surface area contributed by atoms with E-state index in [-0.39, 0.29) is 0 Å². The van der Waals surface area contributed by atoms with Crippen LogP contribution < -0.4 is 9.47 Å². The highest BCUT2D eigenvalue weighted by molar-refractivity contribution is 5.40. The monoisotopic (exact) mass is 260 g/mol. The van der Waals surface area contributed by atoms with E-state index in [4.69, 9.17) is 23.7 Å². The molecular weight excluding hydrogens is 248 g/mol. The van der Waals surface area contributed by atoms with Gasteiger partial charge in [0.25, 0.3) is 0 Å². The van der Waals surface area contributed by atoms with Crippen LogP contribution in [0.4, 0.5) is 0 Å². The van der Waals surface area contributed by atoms with Gasteiger partial charge in [-0.15, -0.1) is 0 Å².